The third-order valence-electron chi connectivity index (χ3n) is 4.58. The van der Waals surface area contributed by atoms with E-state index in [-0.39, 0.29) is 5.91 Å². The molecule has 5 nitrogen and oxygen atoms in total. The van der Waals surface area contributed by atoms with Crippen molar-refractivity contribution in [1.29, 1.82) is 0 Å². The zero-order chi connectivity index (χ0) is 22.7. The van der Waals surface area contributed by atoms with Gasteiger partial charge in [-0.15, -0.1) is 0 Å². The summed E-state index contributed by atoms with van der Waals surface area (Å²) in [6.45, 7) is 0.389. The van der Waals surface area contributed by atoms with Gasteiger partial charge in [-0.3, -0.25) is 14.7 Å². The SMILES string of the molecule is COc1cc(/C=C2\SC(=S)N(c3ccc(Cl)c(Cl)c3)C2=O)ccc1OCc1ccncc1. The maximum atomic E-state index is 13.0. The number of hydrogen-bond acceptors (Lipinski definition) is 6. The Hall–Kier alpha value is -2.58. The number of ether oxygens (including phenoxy) is 2. The largest absolute Gasteiger partial charge is 0.493 e. The van der Waals surface area contributed by atoms with Crippen LogP contribution in [0.1, 0.15) is 11.1 Å². The number of rotatable bonds is 6. The lowest BCUT2D eigenvalue weighted by molar-refractivity contribution is -0.113. The summed E-state index contributed by atoms with van der Waals surface area (Å²) in [5.41, 5.74) is 2.35. The molecule has 32 heavy (non-hydrogen) atoms. The van der Waals surface area contributed by atoms with Crippen LogP contribution in [-0.4, -0.2) is 22.3 Å². The summed E-state index contributed by atoms with van der Waals surface area (Å²) in [6, 6.07) is 14.2. The molecule has 9 heteroatoms. The van der Waals surface area contributed by atoms with Gasteiger partial charge >= 0.3 is 0 Å². The Morgan fingerprint density at radius 2 is 1.84 bits per heavy atom. The number of carbonyl (C=O) groups is 1. The number of nitrogens with zero attached hydrogens (tertiary/aromatic N) is 2. The zero-order valence-electron chi connectivity index (χ0n) is 16.7. The first-order chi connectivity index (χ1) is 15.5. The number of halogens is 2. The molecule has 1 saturated heterocycles. The maximum absolute atomic E-state index is 13.0. The molecule has 2 aromatic carbocycles. The molecule has 0 radical (unpaired) electrons. The summed E-state index contributed by atoms with van der Waals surface area (Å²) in [6.07, 6.45) is 5.20. The van der Waals surface area contributed by atoms with Crippen LogP contribution in [0.5, 0.6) is 11.5 Å². The highest BCUT2D eigenvalue weighted by Crippen LogP contribution is 2.38. The summed E-state index contributed by atoms with van der Waals surface area (Å²) in [5, 5.41) is 0.768. The van der Waals surface area contributed by atoms with Gasteiger partial charge in [0.25, 0.3) is 5.91 Å². The van der Waals surface area contributed by atoms with E-state index in [1.54, 1.807) is 43.8 Å². The highest BCUT2D eigenvalue weighted by molar-refractivity contribution is 8.27. The molecule has 0 atom stereocenters. The van der Waals surface area contributed by atoms with Crippen molar-refractivity contribution in [3.05, 3.63) is 87.0 Å². The van der Waals surface area contributed by atoms with Gasteiger partial charge in [0, 0.05) is 12.4 Å². The van der Waals surface area contributed by atoms with Gasteiger partial charge < -0.3 is 9.47 Å². The van der Waals surface area contributed by atoms with E-state index in [9.17, 15) is 4.79 Å². The van der Waals surface area contributed by atoms with E-state index >= 15 is 0 Å². The standard InChI is InChI=1S/C23H16Cl2N2O3S2/c1-29-20-10-15(2-5-19(20)30-13-14-6-8-26-9-7-14)11-21-22(28)27(23(31)32-21)16-3-4-17(24)18(25)12-16/h2-12H,13H2,1H3/b21-11-. The fraction of sp³-hybridized carbons (Fsp3) is 0.0870. The Bertz CT molecular complexity index is 1220. The van der Waals surface area contributed by atoms with Gasteiger partial charge in [0.2, 0.25) is 0 Å². The van der Waals surface area contributed by atoms with Crippen LogP contribution in [0.2, 0.25) is 10.0 Å². The van der Waals surface area contributed by atoms with Crippen molar-refractivity contribution in [2.75, 3.05) is 12.0 Å². The minimum atomic E-state index is -0.227. The number of aromatic nitrogens is 1. The first-order valence-electron chi connectivity index (χ1n) is 9.39. The second-order valence-electron chi connectivity index (χ2n) is 6.67. The van der Waals surface area contributed by atoms with Crippen LogP contribution >= 0.6 is 47.2 Å². The van der Waals surface area contributed by atoms with Gasteiger partial charge in [-0.1, -0.05) is 53.2 Å². The molecule has 162 valence electrons. The van der Waals surface area contributed by atoms with E-state index in [1.165, 1.54) is 16.7 Å². The van der Waals surface area contributed by atoms with E-state index in [0.717, 1.165) is 11.1 Å². The van der Waals surface area contributed by atoms with E-state index in [4.69, 9.17) is 44.9 Å². The van der Waals surface area contributed by atoms with Crippen LogP contribution in [0.3, 0.4) is 0 Å². The molecule has 3 aromatic rings. The van der Waals surface area contributed by atoms with Crippen LogP contribution in [0.15, 0.2) is 65.8 Å². The zero-order valence-corrected chi connectivity index (χ0v) is 19.9. The number of pyridine rings is 1. The quantitative estimate of drug-likeness (QED) is 0.287. The van der Waals surface area contributed by atoms with Crippen LogP contribution in [0.4, 0.5) is 5.69 Å². The molecule has 0 N–H and O–H groups in total. The predicted molar refractivity (Wildman–Crippen MR) is 134 cm³/mol. The van der Waals surface area contributed by atoms with Crippen molar-refractivity contribution in [2.45, 2.75) is 6.61 Å². The highest BCUT2D eigenvalue weighted by atomic mass is 35.5. The number of thiocarbonyl (C=S) groups is 1. The number of hydrogen-bond donors (Lipinski definition) is 0. The number of amides is 1. The van der Waals surface area contributed by atoms with Gasteiger partial charge in [0.1, 0.15) is 6.61 Å². The minimum Gasteiger partial charge on any atom is -0.493 e. The highest BCUT2D eigenvalue weighted by Gasteiger charge is 2.33. The molecule has 0 unspecified atom stereocenters. The van der Waals surface area contributed by atoms with Crippen molar-refractivity contribution < 1.29 is 14.3 Å². The van der Waals surface area contributed by atoms with E-state index < -0.39 is 0 Å². The molecule has 4 rings (SSSR count). The van der Waals surface area contributed by atoms with E-state index in [2.05, 4.69) is 4.98 Å². The Morgan fingerprint density at radius 3 is 2.56 bits per heavy atom. The number of thioether (sulfide) groups is 1. The number of methoxy groups -OCH3 is 1. The topological polar surface area (TPSA) is 51.7 Å². The number of benzene rings is 2. The summed E-state index contributed by atoms with van der Waals surface area (Å²) in [5.74, 6) is 0.938. The molecule has 0 bridgehead atoms. The molecule has 0 saturated carbocycles. The van der Waals surface area contributed by atoms with Crippen molar-refractivity contribution in [2.24, 2.45) is 0 Å². The summed E-state index contributed by atoms with van der Waals surface area (Å²) in [4.78, 5) is 18.9. The Balaban J connectivity index is 1.54. The lowest BCUT2D eigenvalue weighted by atomic mass is 10.1. The van der Waals surface area contributed by atoms with Gasteiger partial charge in [-0.05, 0) is 59.7 Å². The van der Waals surface area contributed by atoms with Crippen LogP contribution < -0.4 is 14.4 Å². The summed E-state index contributed by atoms with van der Waals surface area (Å²) >= 11 is 18.7. The minimum absolute atomic E-state index is 0.227. The van der Waals surface area contributed by atoms with Gasteiger partial charge in [0.15, 0.2) is 15.8 Å². The third kappa shape index (κ3) is 4.91. The van der Waals surface area contributed by atoms with Crippen LogP contribution in [-0.2, 0) is 11.4 Å². The van der Waals surface area contributed by atoms with Gasteiger partial charge in [-0.25, -0.2) is 0 Å². The number of anilines is 1. The summed E-state index contributed by atoms with van der Waals surface area (Å²) < 4.78 is 11.8. The Morgan fingerprint density at radius 1 is 1.06 bits per heavy atom. The van der Waals surface area contributed by atoms with Crippen molar-refractivity contribution in [3.63, 3.8) is 0 Å². The normalized spacial score (nSPS) is 14.8. The summed E-state index contributed by atoms with van der Waals surface area (Å²) in [7, 11) is 1.57. The molecule has 1 aliphatic rings. The lowest BCUT2D eigenvalue weighted by Gasteiger charge is -2.15. The average Bonchev–Trinajstić information content (AvgIpc) is 3.08. The molecule has 0 aliphatic carbocycles. The molecule has 1 aliphatic heterocycles. The fourth-order valence-corrected chi connectivity index (χ4v) is 4.59. The monoisotopic (exact) mass is 502 g/mol. The molecule has 1 fully saturated rings. The lowest BCUT2D eigenvalue weighted by Crippen LogP contribution is -2.27. The number of carbonyl (C=O) groups excluding carboxylic acids is 1. The predicted octanol–water partition coefficient (Wildman–Crippen LogP) is 6.38. The van der Waals surface area contributed by atoms with Gasteiger partial charge in [0.05, 0.1) is 27.7 Å². The molecular weight excluding hydrogens is 487 g/mol. The maximum Gasteiger partial charge on any atom is 0.270 e. The first kappa shape index (κ1) is 22.6. The van der Waals surface area contributed by atoms with E-state index in [1.807, 2.05) is 30.3 Å². The van der Waals surface area contributed by atoms with Crippen molar-refractivity contribution in [1.82, 2.24) is 4.98 Å². The molecular formula is C23H16Cl2N2O3S2. The molecule has 2 heterocycles. The molecule has 1 aromatic heterocycles. The Labute approximate surface area is 204 Å². The molecule has 0 spiro atoms. The smallest absolute Gasteiger partial charge is 0.270 e. The second-order valence-corrected chi connectivity index (χ2v) is 9.16. The van der Waals surface area contributed by atoms with Crippen molar-refractivity contribution in [3.8, 4) is 11.5 Å². The van der Waals surface area contributed by atoms with Crippen molar-refractivity contribution >= 4 is 69.2 Å². The van der Waals surface area contributed by atoms with Crippen LogP contribution in [0.25, 0.3) is 6.08 Å². The second kappa shape index (κ2) is 9.92. The first-order valence-corrected chi connectivity index (χ1v) is 11.4. The van der Waals surface area contributed by atoms with Gasteiger partial charge in [-0.2, -0.15) is 0 Å². The average molecular weight is 503 g/mol. The third-order valence-corrected chi connectivity index (χ3v) is 6.63. The molecule has 1 amide bonds. The van der Waals surface area contributed by atoms with E-state index in [0.29, 0.717) is 43.1 Å². The van der Waals surface area contributed by atoms with Crippen LogP contribution in [0, 0.1) is 0 Å². The Kier molecular flexibility index (Phi) is 7.01. The fourth-order valence-electron chi connectivity index (χ4n) is 3.00.